The van der Waals surface area contributed by atoms with Crippen LogP contribution in [0, 0.1) is 6.92 Å². The third-order valence-corrected chi connectivity index (χ3v) is 3.64. The van der Waals surface area contributed by atoms with E-state index in [1.165, 1.54) is 0 Å². The van der Waals surface area contributed by atoms with Gasteiger partial charge in [0.2, 0.25) is 0 Å². The monoisotopic (exact) mass is 380 g/mol. The summed E-state index contributed by atoms with van der Waals surface area (Å²) in [5, 5.41) is 0. The number of halogens is 1. The van der Waals surface area contributed by atoms with Gasteiger partial charge in [0.15, 0.2) is 11.5 Å². The second kappa shape index (κ2) is 9.43. The van der Waals surface area contributed by atoms with Crippen molar-refractivity contribution in [1.29, 1.82) is 0 Å². The van der Waals surface area contributed by atoms with Gasteiger partial charge in [-0.3, -0.25) is 0 Å². The summed E-state index contributed by atoms with van der Waals surface area (Å²) >= 11 is 3.39. The Morgan fingerprint density at radius 3 is 2.22 bits per heavy atom. The lowest BCUT2D eigenvalue weighted by Crippen LogP contribution is -2.12. The molecule has 23 heavy (non-hydrogen) atoms. The van der Waals surface area contributed by atoms with E-state index in [1.807, 2.05) is 49.4 Å². The summed E-state index contributed by atoms with van der Waals surface area (Å²) in [5.74, 6) is 2.30. The molecule has 4 nitrogen and oxygen atoms in total. The molecule has 0 unspecified atom stereocenters. The molecule has 5 heteroatoms. The van der Waals surface area contributed by atoms with Crippen molar-refractivity contribution in [3.63, 3.8) is 0 Å². The van der Waals surface area contributed by atoms with Gasteiger partial charge >= 0.3 is 0 Å². The molecule has 0 heterocycles. The summed E-state index contributed by atoms with van der Waals surface area (Å²) in [6, 6.07) is 13.6. The molecule has 0 aliphatic rings. The van der Waals surface area contributed by atoms with E-state index in [9.17, 15) is 0 Å². The number of ether oxygens (including phenoxy) is 4. The molecular weight excluding hydrogens is 360 g/mol. The Kier molecular flexibility index (Phi) is 7.23. The third kappa shape index (κ3) is 6.12. The number of aryl methyl sites for hydroxylation is 1. The molecule has 0 amide bonds. The van der Waals surface area contributed by atoms with Gasteiger partial charge in [0, 0.05) is 4.47 Å². The zero-order valence-corrected chi connectivity index (χ0v) is 15.0. The van der Waals surface area contributed by atoms with Gasteiger partial charge in [-0.25, -0.2) is 0 Å². The Morgan fingerprint density at radius 1 is 0.826 bits per heavy atom. The Hall–Kier alpha value is -1.72. The zero-order valence-electron chi connectivity index (χ0n) is 13.4. The first-order valence-corrected chi connectivity index (χ1v) is 8.22. The van der Waals surface area contributed by atoms with Crippen LogP contribution in [0.25, 0.3) is 0 Å². The van der Waals surface area contributed by atoms with E-state index < -0.39 is 0 Å². The summed E-state index contributed by atoms with van der Waals surface area (Å²) in [7, 11) is 1.64. The molecule has 2 aromatic rings. The van der Waals surface area contributed by atoms with Crippen LogP contribution in [0.5, 0.6) is 17.2 Å². The minimum Gasteiger partial charge on any atom is -0.493 e. The van der Waals surface area contributed by atoms with Gasteiger partial charge < -0.3 is 18.9 Å². The van der Waals surface area contributed by atoms with Gasteiger partial charge in [0.25, 0.3) is 0 Å². The topological polar surface area (TPSA) is 36.9 Å². The number of benzene rings is 2. The van der Waals surface area contributed by atoms with Crippen LogP contribution in [-0.2, 0) is 4.74 Å². The van der Waals surface area contributed by atoms with Crippen LogP contribution in [-0.4, -0.2) is 33.5 Å². The van der Waals surface area contributed by atoms with Crippen LogP contribution in [0.1, 0.15) is 5.56 Å². The highest BCUT2D eigenvalue weighted by Gasteiger charge is 2.03. The van der Waals surface area contributed by atoms with E-state index in [4.69, 9.17) is 18.9 Å². The fraction of sp³-hybridized carbons (Fsp3) is 0.333. The molecule has 0 spiro atoms. The number of methoxy groups -OCH3 is 1. The Morgan fingerprint density at radius 2 is 1.52 bits per heavy atom. The van der Waals surface area contributed by atoms with Crippen LogP contribution >= 0.6 is 15.9 Å². The van der Waals surface area contributed by atoms with Crippen LogP contribution in [0.2, 0.25) is 0 Å². The van der Waals surface area contributed by atoms with E-state index in [0.29, 0.717) is 26.4 Å². The second-order valence-corrected chi connectivity index (χ2v) is 5.83. The molecule has 0 fully saturated rings. The average molecular weight is 381 g/mol. The number of hydrogen-bond donors (Lipinski definition) is 0. The van der Waals surface area contributed by atoms with Crippen molar-refractivity contribution in [2.75, 3.05) is 33.5 Å². The zero-order chi connectivity index (χ0) is 16.5. The highest BCUT2D eigenvalue weighted by Crippen LogP contribution is 2.27. The van der Waals surface area contributed by atoms with Crippen molar-refractivity contribution >= 4 is 15.9 Å². The summed E-state index contributed by atoms with van der Waals surface area (Å²) in [4.78, 5) is 0. The maximum atomic E-state index is 5.67. The van der Waals surface area contributed by atoms with E-state index in [-0.39, 0.29) is 0 Å². The van der Waals surface area contributed by atoms with Crippen molar-refractivity contribution in [2.45, 2.75) is 6.92 Å². The molecular formula is C18H21BrO4. The van der Waals surface area contributed by atoms with E-state index >= 15 is 0 Å². The van der Waals surface area contributed by atoms with Crippen molar-refractivity contribution in [3.05, 3.63) is 52.5 Å². The minimum absolute atomic E-state index is 0.470. The predicted octanol–water partition coefficient (Wildman–Crippen LogP) is 4.24. The average Bonchev–Trinajstić information content (AvgIpc) is 2.56. The molecule has 2 aromatic carbocycles. The maximum Gasteiger partial charge on any atom is 0.161 e. The fourth-order valence-corrected chi connectivity index (χ4v) is 2.22. The molecule has 0 bridgehead atoms. The quantitative estimate of drug-likeness (QED) is 0.609. The molecule has 0 radical (unpaired) electrons. The third-order valence-electron chi connectivity index (χ3n) is 3.11. The lowest BCUT2D eigenvalue weighted by Gasteiger charge is -2.11. The highest BCUT2D eigenvalue weighted by atomic mass is 79.9. The van der Waals surface area contributed by atoms with Crippen molar-refractivity contribution < 1.29 is 18.9 Å². The fourth-order valence-electron chi connectivity index (χ4n) is 1.96. The van der Waals surface area contributed by atoms with Crippen molar-refractivity contribution in [1.82, 2.24) is 0 Å². The first kappa shape index (κ1) is 17.6. The van der Waals surface area contributed by atoms with Crippen LogP contribution < -0.4 is 14.2 Å². The molecule has 0 aliphatic carbocycles. The Bertz CT molecular complexity index is 598. The molecule has 0 atom stereocenters. The molecule has 0 aliphatic heterocycles. The summed E-state index contributed by atoms with van der Waals surface area (Å²) < 4.78 is 23.1. The molecule has 0 N–H and O–H groups in total. The van der Waals surface area contributed by atoms with Gasteiger partial charge in [0.05, 0.1) is 20.3 Å². The van der Waals surface area contributed by atoms with Crippen molar-refractivity contribution in [3.8, 4) is 17.2 Å². The van der Waals surface area contributed by atoms with Gasteiger partial charge in [-0.05, 0) is 48.9 Å². The SMILES string of the molecule is COc1cc(C)ccc1OCCOCCOc1ccc(Br)cc1. The predicted molar refractivity (Wildman–Crippen MR) is 93.7 cm³/mol. The molecule has 0 saturated heterocycles. The van der Waals surface area contributed by atoms with Crippen LogP contribution in [0.4, 0.5) is 0 Å². The molecule has 2 rings (SSSR count). The largest absolute Gasteiger partial charge is 0.493 e. The molecule has 124 valence electrons. The van der Waals surface area contributed by atoms with Gasteiger partial charge in [-0.2, -0.15) is 0 Å². The Balaban J connectivity index is 1.60. The second-order valence-electron chi connectivity index (χ2n) is 4.92. The lowest BCUT2D eigenvalue weighted by molar-refractivity contribution is 0.0757. The lowest BCUT2D eigenvalue weighted by atomic mass is 10.2. The van der Waals surface area contributed by atoms with E-state index in [2.05, 4.69) is 15.9 Å². The summed E-state index contributed by atoms with van der Waals surface area (Å²) in [5.41, 5.74) is 1.13. The summed E-state index contributed by atoms with van der Waals surface area (Å²) in [6.45, 7) is 4.01. The standard InChI is InChI=1S/C18H21BrO4/c1-14-3-8-17(18(13-14)20-2)23-12-10-21-9-11-22-16-6-4-15(19)5-7-16/h3-8,13H,9-12H2,1-2H3. The van der Waals surface area contributed by atoms with Gasteiger partial charge in [0.1, 0.15) is 19.0 Å². The smallest absolute Gasteiger partial charge is 0.161 e. The van der Waals surface area contributed by atoms with E-state index in [1.54, 1.807) is 7.11 Å². The normalized spacial score (nSPS) is 10.4. The van der Waals surface area contributed by atoms with E-state index in [0.717, 1.165) is 27.3 Å². The van der Waals surface area contributed by atoms with Crippen LogP contribution in [0.15, 0.2) is 46.9 Å². The summed E-state index contributed by atoms with van der Waals surface area (Å²) in [6.07, 6.45) is 0. The highest BCUT2D eigenvalue weighted by molar-refractivity contribution is 9.10. The molecule has 0 aromatic heterocycles. The first-order valence-electron chi connectivity index (χ1n) is 7.42. The molecule has 0 saturated carbocycles. The number of hydrogen-bond acceptors (Lipinski definition) is 4. The van der Waals surface area contributed by atoms with Crippen LogP contribution in [0.3, 0.4) is 0 Å². The van der Waals surface area contributed by atoms with Crippen molar-refractivity contribution in [2.24, 2.45) is 0 Å². The Labute approximate surface area is 145 Å². The van der Waals surface area contributed by atoms with Gasteiger partial charge in [-0.1, -0.05) is 22.0 Å². The number of rotatable bonds is 9. The maximum absolute atomic E-state index is 5.67. The first-order chi connectivity index (χ1) is 11.2. The minimum atomic E-state index is 0.470. The van der Waals surface area contributed by atoms with Gasteiger partial charge in [-0.15, -0.1) is 0 Å².